The van der Waals surface area contributed by atoms with Gasteiger partial charge in [-0.1, -0.05) is 35.3 Å². The molecule has 4 aromatic rings. The molecule has 2 aromatic carbocycles. The summed E-state index contributed by atoms with van der Waals surface area (Å²) in [7, 11) is 0. The van der Waals surface area contributed by atoms with Crippen molar-refractivity contribution in [1.82, 2.24) is 20.4 Å². The summed E-state index contributed by atoms with van der Waals surface area (Å²) in [6, 6.07) is 10.0. The first-order valence-electron chi connectivity index (χ1n) is 7.94. The van der Waals surface area contributed by atoms with E-state index >= 15 is 0 Å². The molecule has 11 heteroatoms. The largest absolute Gasteiger partial charge is 0.434 e. The maximum atomic E-state index is 11.9. The Morgan fingerprint density at radius 1 is 1.04 bits per heavy atom. The summed E-state index contributed by atoms with van der Waals surface area (Å²) in [6.07, 6.45) is 0. The van der Waals surface area contributed by atoms with Gasteiger partial charge in [0.05, 0.1) is 27.4 Å². The Bertz CT molecular complexity index is 1260. The van der Waals surface area contributed by atoms with E-state index in [4.69, 9.17) is 32.4 Å². The minimum atomic E-state index is -0.641. The maximum Gasteiger partial charge on any atom is 0.434 e. The first kappa shape index (κ1) is 18.1. The van der Waals surface area contributed by atoms with Crippen molar-refractivity contribution >= 4 is 39.7 Å². The highest BCUT2D eigenvalue weighted by Gasteiger charge is 2.15. The predicted octanol–water partition coefficient (Wildman–Crippen LogP) is 3.31. The highest BCUT2D eigenvalue weighted by atomic mass is 35.5. The smallest absolute Gasteiger partial charge is 0.434 e. The molecule has 28 heavy (non-hydrogen) atoms. The molecule has 0 fully saturated rings. The van der Waals surface area contributed by atoms with Crippen molar-refractivity contribution in [3.05, 3.63) is 73.2 Å². The highest BCUT2D eigenvalue weighted by Crippen LogP contribution is 2.39. The van der Waals surface area contributed by atoms with Crippen molar-refractivity contribution in [1.29, 1.82) is 0 Å². The average Bonchev–Trinajstić information content (AvgIpc) is 3.10. The molecule has 0 atom stereocenters. The molecule has 2 heterocycles. The van der Waals surface area contributed by atoms with Crippen LogP contribution in [0.25, 0.3) is 10.8 Å². The number of ether oxygens (including phenoxy) is 1. The Morgan fingerprint density at radius 2 is 1.75 bits per heavy atom. The molecule has 0 radical (unpaired) electrons. The molecule has 4 rings (SSSR count). The Kier molecular flexibility index (Phi) is 4.76. The fourth-order valence-corrected chi connectivity index (χ4v) is 3.10. The van der Waals surface area contributed by atoms with Gasteiger partial charge in [-0.25, -0.2) is 15.0 Å². The number of nitrogens with zero attached hydrogens (tertiary/aromatic N) is 2. The van der Waals surface area contributed by atoms with E-state index in [2.05, 4.69) is 25.7 Å². The molecule has 2 aromatic heterocycles. The second-order valence-electron chi connectivity index (χ2n) is 5.63. The summed E-state index contributed by atoms with van der Waals surface area (Å²) < 4.78 is 10.6. The molecule has 0 aliphatic rings. The molecular formula is C17H11Cl2N5O4. The van der Waals surface area contributed by atoms with E-state index < -0.39 is 5.76 Å². The van der Waals surface area contributed by atoms with Gasteiger partial charge in [0.25, 0.3) is 5.56 Å². The molecule has 0 bridgehead atoms. The van der Waals surface area contributed by atoms with E-state index in [-0.39, 0.29) is 39.7 Å². The zero-order valence-electron chi connectivity index (χ0n) is 14.0. The van der Waals surface area contributed by atoms with Gasteiger partial charge in [0.15, 0.2) is 5.75 Å². The van der Waals surface area contributed by atoms with Gasteiger partial charge in [0, 0.05) is 5.69 Å². The first-order valence-corrected chi connectivity index (χ1v) is 8.69. The number of hydrogen-bond acceptors (Lipinski definition) is 7. The van der Waals surface area contributed by atoms with Crippen LogP contribution in [0.5, 0.6) is 11.6 Å². The zero-order valence-corrected chi connectivity index (χ0v) is 15.5. The van der Waals surface area contributed by atoms with Gasteiger partial charge in [-0.2, -0.15) is 0 Å². The molecule has 0 saturated carbocycles. The number of anilines is 1. The van der Waals surface area contributed by atoms with Crippen molar-refractivity contribution in [2.75, 3.05) is 5.32 Å². The molecule has 9 nitrogen and oxygen atoms in total. The lowest BCUT2D eigenvalue weighted by Crippen LogP contribution is -2.09. The first-order chi connectivity index (χ1) is 13.5. The van der Waals surface area contributed by atoms with Crippen molar-refractivity contribution in [3.63, 3.8) is 0 Å². The molecule has 0 spiro atoms. The number of aromatic amines is 2. The minimum Gasteiger partial charge on any atom is -0.434 e. The van der Waals surface area contributed by atoms with Crippen molar-refractivity contribution < 1.29 is 9.15 Å². The predicted molar refractivity (Wildman–Crippen MR) is 103 cm³/mol. The SMILES string of the molecule is O=c1[nH]nc(CNc2cc(Cl)c(Oc3n[nH]c(=O)c4ccccc34)c(Cl)c2)o1. The Balaban J connectivity index is 1.62. The summed E-state index contributed by atoms with van der Waals surface area (Å²) in [4.78, 5) is 22.8. The van der Waals surface area contributed by atoms with Crippen LogP contribution in [0.15, 0.2) is 50.4 Å². The molecule has 0 aliphatic carbocycles. The summed E-state index contributed by atoms with van der Waals surface area (Å²) >= 11 is 12.6. The molecule has 0 amide bonds. The van der Waals surface area contributed by atoms with Crippen LogP contribution in [0.3, 0.4) is 0 Å². The summed E-state index contributed by atoms with van der Waals surface area (Å²) in [5, 5.41) is 16.5. The quantitative estimate of drug-likeness (QED) is 0.452. The van der Waals surface area contributed by atoms with Gasteiger partial charge in [-0.15, -0.1) is 10.2 Å². The van der Waals surface area contributed by atoms with Crippen molar-refractivity contribution in [2.45, 2.75) is 6.54 Å². The number of H-pyrrole nitrogens is 2. The van der Waals surface area contributed by atoms with Crippen LogP contribution in [0.1, 0.15) is 5.89 Å². The number of halogens is 2. The second-order valence-corrected chi connectivity index (χ2v) is 6.45. The summed E-state index contributed by atoms with van der Waals surface area (Å²) in [5.41, 5.74) is 0.233. The third kappa shape index (κ3) is 3.57. The number of hydrogen-bond donors (Lipinski definition) is 3. The summed E-state index contributed by atoms with van der Waals surface area (Å²) in [6.45, 7) is 0.151. The number of fused-ring (bicyclic) bond motifs is 1. The average molecular weight is 420 g/mol. The fourth-order valence-electron chi connectivity index (χ4n) is 2.54. The third-order valence-electron chi connectivity index (χ3n) is 3.78. The topological polar surface area (TPSA) is 126 Å². The Labute approximate surface area is 166 Å². The van der Waals surface area contributed by atoms with Crippen molar-refractivity contribution in [2.24, 2.45) is 0 Å². The van der Waals surface area contributed by atoms with E-state index in [9.17, 15) is 9.59 Å². The van der Waals surface area contributed by atoms with Crippen LogP contribution in [0.2, 0.25) is 10.0 Å². The standard InChI is InChI=1S/C17H11Cl2N5O4/c18-11-5-8(20-7-13-21-24-17(26)27-13)6-12(19)14(11)28-16-10-4-2-1-3-9(10)15(25)22-23-16/h1-6,20H,7H2,(H,22,25)(H,24,26). The van der Waals surface area contributed by atoms with Gasteiger partial charge in [0.2, 0.25) is 11.8 Å². The lowest BCUT2D eigenvalue weighted by atomic mass is 10.2. The zero-order chi connectivity index (χ0) is 19.7. The van der Waals surface area contributed by atoms with Crippen molar-refractivity contribution in [3.8, 4) is 11.6 Å². The van der Waals surface area contributed by atoms with Crippen LogP contribution in [0.4, 0.5) is 5.69 Å². The summed E-state index contributed by atoms with van der Waals surface area (Å²) in [5.74, 6) is -0.110. The van der Waals surface area contributed by atoms with E-state index in [1.54, 1.807) is 36.4 Å². The molecular weight excluding hydrogens is 409 g/mol. The van der Waals surface area contributed by atoms with E-state index in [1.165, 1.54) is 0 Å². The van der Waals surface area contributed by atoms with Crippen LogP contribution < -0.4 is 21.4 Å². The van der Waals surface area contributed by atoms with E-state index in [0.29, 0.717) is 16.5 Å². The lowest BCUT2D eigenvalue weighted by molar-refractivity contribution is 0.461. The normalized spacial score (nSPS) is 10.9. The van der Waals surface area contributed by atoms with Crippen LogP contribution in [-0.2, 0) is 6.54 Å². The van der Waals surface area contributed by atoms with Crippen LogP contribution in [-0.4, -0.2) is 20.4 Å². The molecule has 0 unspecified atom stereocenters. The second kappa shape index (κ2) is 7.37. The van der Waals surface area contributed by atoms with E-state index in [0.717, 1.165) is 0 Å². The van der Waals surface area contributed by atoms with Gasteiger partial charge in [-0.05, 0) is 24.3 Å². The lowest BCUT2D eigenvalue weighted by Gasteiger charge is -2.12. The van der Waals surface area contributed by atoms with Gasteiger partial charge in [-0.3, -0.25) is 4.79 Å². The molecule has 0 aliphatic heterocycles. The monoisotopic (exact) mass is 419 g/mol. The Hall–Kier alpha value is -3.30. The number of benzene rings is 2. The van der Waals surface area contributed by atoms with Crippen LogP contribution in [0, 0.1) is 0 Å². The van der Waals surface area contributed by atoms with E-state index in [1.807, 2.05) is 0 Å². The van der Waals surface area contributed by atoms with Gasteiger partial charge < -0.3 is 14.5 Å². The van der Waals surface area contributed by atoms with Gasteiger partial charge in [0.1, 0.15) is 0 Å². The molecule has 0 saturated heterocycles. The third-order valence-corrected chi connectivity index (χ3v) is 4.35. The number of nitrogens with one attached hydrogen (secondary N) is 3. The number of aromatic nitrogens is 4. The molecule has 3 N–H and O–H groups in total. The maximum absolute atomic E-state index is 11.9. The highest BCUT2D eigenvalue weighted by molar-refractivity contribution is 6.37. The van der Waals surface area contributed by atoms with Gasteiger partial charge >= 0.3 is 5.76 Å². The van der Waals surface area contributed by atoms with Crippen LogP contribution >= 0.6 is 23.2 Å². The number of rotatable bonds is 5. The minimum absolute atomic E-state index is 0.151. The fraction of sp³-hybridized carbons (Fsp3) is 0.0588. The Morgan fingerprint density at radius 3 is 2.43 bits per heavy atom. The molecule has 142 valence electrons.